The Kier molecular flexibility index (Phi) is 3.13. The second-order valence-electron chi connectivity index (χ2n) is 5.18. The van der Waals surface area contributed by atoms with Crippen molar-refractivity contribution in [1.29, 1.82) is 0 Å². The van der Waals surface area contributed by atoms with Gasteiger partial charge in [-0.15, -0.1) is 0 Å². The lowest BCUT2D eigenvalue weighted by Crippen LogP contribution is -2.33. The van der Waals surface area contributed by atoms with Crippen LogP contribution in [0.1, 0.15) is 16.3 Å². The van der Waals surface area contributed by atoms with Gasteiger partial charge in [-0.25, -0.2) is 9.97 Å². The highest BCUT2D eigenvalue weighted by molar-refractivity contribution is 5.92. The second-order valence-corrected chi connectivity index (χ2v) is 5.18. The number of carbonyl (C=O) groups excluding carboxylic acids is 1. The number of hydrogen-bond acceptors (Lipinski definition) is 5. The third-order valence-electron chi connectivity index (χ3n) is 3.92. The molecule has 3 rings (SSSR count). The van der Waals surface area contributed by atoms with Crippen LogP contribution in [0.5, 0.6) is 0 Å². The van der Waals surface area contributed by atoms with Crippen LogP contribution in [0, 0.1) is 18.8 Å². The number of aromatic nitrogens is 2. The third-order valence-corrected chi connectivity index (χ3v) is 3.92. The van der Waals surface area contributed by atoms with E-state index in [2.05, 4.69) is 9.97 Å². The van der Waals surface area contributed by atoms with Crippen LogP contribution in [-0.2, 0) is 9.53 Å². The molecule has 1 N–H and O–H groups in total. The standard InChI is InChI=1S/C13H15N3O4/c1-7-14-3-2-10(15-7)12(17)16-4-8-9(13(18)19)6-20-11(8)5-16/h2-3,8-9,11H,4-6H2,1H3,(H,18,19)/t8-,9-,11-/m0/s1. The fraction of sp³-hybridized carbons (Fsp3) is 0.538. The lowest BCUT2D eigenvalue weighted by atomic mass is 9.93. The van der Waals surface area contributed by atoms with E-state index < -0.39 is 11.9 Å². The van der Waals surface area contributed by atoms with Gasteiger partial charge < -0.3 is 14.7 Å². The molecule has 3 heterocycles. The summed E-state index contributed by atoms with van der Waals surface area (Å²) < 4.78 is 5.48. The van der Waals surface area contributed by atoms with Gasteiger partial charge in [0.15, 0.2) is 0 Å². The Bertz CT molecular complexity index is 562. The highest BCUT2D eigenvalue weighted by Gasteiger charge is 2.48. The summed E-state index contributed by atoms with van der Waals surface area (Å²) in [6.07, 6.45) is 1.37. The Hall–Kier alpha value is -2.02. The van der Waals surface area contributed by atoms with Gasteiger partial charge in [0.25, 0.3) is 5.91 Å². The van der Waals surface area contributed by atoms with Crippen molar-refractivity contribution in [2.45, 2.75) is 13.0 Å². The van der Waals surface area contributed by atoms with Gasteiger partial charge in [0.2, 0.25) is 0 Å². The molecule has 0 saturated carbocycles. The number of aryl methyl sites for hydroxylation is 1. The molecule has 3 atom stereocenters. The van der Waals surface area contributed by atoms with Crippen LogP contribution in [0.15, 0.2) is 12.3 Å². The van der Waals surface area contributed by atoms with Gasteiger partial charge in [0.1, 0.15) is 11.5 Å². The number of aliphatic carboxylic acids is 1. The average molecular weight is 277 g/mol. The Balaban J connectivity index is 1.75. The zero-order valence-electron chi connectivity index (χ0n) is 11.0. The number of nitrogens with zero attached hydrogens (tertiary/aromatic N) is 3. The maximum Gasteiger partial charge on any atom is 0.309 e. The lowest BCUT2D eigenvalue weighted by molar-refractivity contribution is -0.142. The summed E-state index contributed by atoms with van der Waals surface area (Å²) in [6.45, 7) is 2.79. The van der Waals surface area contributed by atoms with Gasteiger partial charge in [-0.2, -0.15) is 0 Å². The van der Waals surface area contributed by atoms with Crippen LogP contribution in [0.25, 0.3) is 0 Å². The molecule has 0 aliphatic carbocycles. The maximum atomic E-state index is 12.3. The van der Waals surface area contributed by atoms with Gasteiger partial charge in [-0.05, 0) is 13.0 Å². The monoisotopic (exact) mass is 277 g/mol. The number of likely N-dealkylation sites (tertiary alicyclic amines) is 1. The Labute approximate surface area is 115 Å². The Morgan fingerprint density at radius 1 is 1.45 bits per heavy atom. The zero-order chi connectivity index (χ0) is 14.3. The van der Waals surface area contributed by atoms with E-state index in [1.165, 1.54) is 0 Å². The van der Waals surface area contributed by atoms with E-state index in [1.807, 2.05) is 0 Å². The quantitative estimate of drug-likeness (QED) is 0.815. The minimum absolute atomic E-state index is 0.126. The highest BCUT2D eigenvalue weighted by Crippen LogP contribution is 2.34. The van der Waals surface area contributed by atoms with Crippen LogP contribution in [-0.4, -0.2) is 57.7 Å². The van der Waals surface area contributed by atoms with E-state index in [4.69, 9.17) is 9.84 Å². The van der Waals surface area contributed by atoms with Crippen LogP contribution < -0.4 is 0 Å². The average Bonchev–Trinajstić information content (AvgIpc) is 2.96. The van der Waals surface area contributed by atoms with E-state index >= 15 is 0 Å². The molecule has 0 radical (unpaired) electrons. The molecule has 0 spiro atoms. The predicted octanol–water partition coefficient (Wildman–Crippen LogP) is -0.0434. The Morgan fingerprint density at radius 2 is 2.25 bits per heavy atom. The van der Waals surface area contributed by atoms with Crippen molar-refractivity contribution in [1.82, 2.24) is 14.9 Å². The normalized spacial score (nSPS) is 28.4. The van der Waals surface area contributed by atoms with Gasteiger partial charge >= 0.3 is 5.97 Å². The predicted molar refractivity (Wildman–Crippen MR) is 67.0 cm³/mol. The van der Waals surface area contributed by atoms with Crippen molar-refractivity contribution in [3.8, 4) is 0 Å². The van der Waals surface area contributed by atoms with E-state index in [-0.39, 0.29) is 24.5 Å². The first-order chi connectivity index (χ1) is 9.56. The molecular formula is C13H15N3O4. The summed E-state index contributed by atoms with van der Waals surface area (Å²) in [5, 5.41) is 9.13. The molecular weight excluding hydrogens is 262 g/mol. The van der Waals surface area contributed by atoms with E-state index in [1.54, 1.807) is 24.1 Å². The number of hydrogen-bond donors (Lipinski definition) is 1. The van der Waals surface area contributed by atoms with Gasteiger partial charge in [-0.3, -0.25) is 9.59 Å². The zero-order valence-corrected chi connectivity index (χ0v) is 11.0. The van der Waals surface area contributed by atoms with Gasteiger partial charge in [-0.1, -0.05) is 0 Å². The lowest BCUT2D eigenvalue weighted by Gasteiger charge is -2.17. The highest BCUT2D eigenvalue weighted by atomic mass is 16.5. The molecule has 1 amide bonds. The fourth-order valence-electron chi connectivity index (χ4n) is 2.87. The number of carbonyl (C=O) groups is 2. The molecule has 1 aromatic rings. The molecule has 0 unspecified atom stereocenters. The topological polar surface area (TPSA) is 92.6 Å². The van der Waals surface area contributed by atoms with Crippen molar-refractivity contribution < 1.29 is 19.4 Å². The van der Waals surface area contributed by atoms with E-state index in [0.29, 0.717) is 24.6 Å². The summed E-state index contributed by atoms with van der Waals surface area (Å²) in [5.41, 5.74) is 0.337. The first-order valence-corrected chi connectivity index (χ1v) is 6.49. The number of fused-ring (bicyclic) bond motifs is 1. The van der Waals surface area contributed by atoms with Crippen molar-refractivity contribution >= 4 is 11.9 Å². The summed E-state index contributed by atoms with van der Waals surface area (Å²) in [7, 11) is 0. The number of carboxylic acid groups (broad SMARTS) is 1. The van der Waals surface area contributed by atoms with Crippen molar-refractivity contribution in [3.63, 3.8) is 0 Å². The number of rotatable bonds is 2. The fourth-order valence-corrected chi connectivity index (χ4v) is 2.87. The van der Waals surface area contributed by atoms with Gasteiger partial charge in [0, 0.05) is 25.2 Å². The summed E-state index contributed by atoms with van der Waals surface area (Å²) in [4.78, 5) is 33.2. The third kappa shape index (κ3) is 2.14. The van der Waals surface area contributed by atoms with Crippen molar-refractivity contribution in [2.24, 2.45) is 11.8 Å². The first kappa shape index (κ1) is 13.0. The molecule has 20 heavy (non-hydrogen) atoms. The van der Waals surface area contributed by atoms with Crippen LogP contribution in [0.2, 0.25) is 0 Å². The van der Waals surface area contributed by atoms with Crippen LogP contribution >= 0.6 is 0 Å². The van der Waals surface area contributed by atoms with Gasteiger partial charge in [0.05, 0.1) is 18.6 Å². The summed E-state index contributed by atoms with van der Waals surface area (Å²) >= 11 is 0. The number of ether oxygens (including phenoxy) is 1. The molecule has 0 bridgehead atoms. The van der Waals surface area contributed by atoms with Crippen LogP contribution in [0.3, 0.4) is 0 Å². The molecule has 2 saturated heterocycles. The smallest absolute Gasteiger partial charge is 0.309 e. The number of amides is 1. The molecule has 7 heteroatoms. The molecule has 2 aliphatic heterocycles. The Morgan fingerprint density at radius 3 is 2.95 bits per heavy atom. The van der Waals surface area contributed by atoms with E-state index in [9.17, 15) is 9.59 Å². The second kappa shape index (κ2) is 4.82. The molecule has 1 aromatic heterocycles. The maximum absolute atomic E-state index is 12.3. The van der Waals surface area contributed by atoms with E-state index in [0.717, 1.165) is 0 Å². The largest absolute Gasteiger partial charge is 0.481 e. The molecule has 2 aliphatic rings. The van der Waals surface area contributed by atoms with Crippen LogP contribution in [0.4, 0.5) is 0 Å². The number of carboxylic acids is 1. The molecule has 2 fully saturated rings. The minimum atomic E-state index is -0.857. The minimum Gasteiger partial charge on any atom is -0.481 e. The first-order valence-electron chi connectivity index (χ1n) is 6.49. The summed E-state index contributed by atoms with van der Waals surface area (Å²) in [5.74, 6) is -1.17. The molecule has 7 nitrogen and oxygen atoms in total. The SMILES string of the molecule is Cc1nccc(C(=O)N2C[C@@H]3[C@H](C2)OC[C@@H]3C(=O)O)n1. The molecule has 0 aromatic carbocycles. The molecule has 106 valence electrons. The van der Waals surface area contributed by atoms with Crippen molar-refractivity contribution in [3.05, 3.63) is 23.8 Å². The van der Waals surface area contributed by atoms with Crippen molar-refractivity contribution in [2.75, 3.05) is 19.7 Å². The summed E-state index contributed by atoms with van der Waals surface area (Å²) in [6, 6.07) is 1.57.